The normalized spacial score (nSPS) is 19.6. The number of hydrogen-bond acceptors (Lipinski definition) is 2. The van der Waals surface area contributed by atoms with Gasteiger partial charge in [-0.05, 0) is 32.0 Å². The van der Waals surface area contributed by atoms with E-state index in [1.54, 1.807) is 4.90 Å². The van der Waals surface area contributed by atoms with E-state index in [-0.39, 0.29) is 11.2 Å². The number of benzene rings is 1. The molecule has 1 aromatic carbocycles. The first-order chi connectivity index (χ1) is 8.69. The van der Waals surface area contributed by atoms with Crippen LogP contribution in [0.25, 0.3) is 0 Å². The maximum Gasteiger partial charge on any atom is 0.416 e. The predicted octanol–water partition coefficient (Wildman–Crippen LogP) is 3.03. The van der Waals surface area contributed by atoms with Crippen LogP contribution in [0.4, 0.5) is 23.2 Å². The minimum Gasteiger partial charge on any atom is -0.366 e. The zero-order valence-electron chi connectivity index (χ0n) is 10.8. The fourth-order valence-corrected chi connectivity index (χ4v) is 2.28. The third-order valence-corrected chi connectivity index (χ3v) is 3.19. The Balaban J connectivity index is 2.33. The lowest BCUT2D eigenvalue weighted by molar-refractivity contribution is -0.137. The Kier molecular flexibility index (Phi) is 3.47. The highest BCUT2D eigenvalue weighted by Crippen LogP contribution is 2.33. The molecule has 1 saturated heterocycles. The molecule has 1 N–H and O–H groups in total. The van der Waals surface area contributed by atoms with E-state index >= 15 is 0 Å². The van der Waals surface area contributed by atoms with Crippen molar-refractivity contribution in [3.8, 4) is 0 Å². The van der Waals surface area contributed by atoms with Crippen molar-refractivity contribution in [2.45, 2.75) is 25.6 Å². The van der Waals surface area contributed by atoms with Crippen LogP contribution in [-0.4, -0.2) is 25.2 Å². The van der Waals surface area contributed by atoms with Gasteiger partial charge < -0.3 is 10.2 Å². The highest BCUT2D eigenvalue weighted by Gasteiger charge is 2.33. The van der Waals surface area contributed by atoms with Crippen LogP contribution in [0, 0.1) is 5.82 Å². The van der Waals surface area contributed by atoms with Gasteiger partial charge in [0.1, 0.15) is 5.82 Å². The van der Waals surface area contributed by atoms with Gasteiger partial charge in [-0.1, -0.05) is 0 Å². The molecule has 6 heteroatoms. The second-order valence-electron chi connectivity index (χ2n) is 5.40. The van der Waals surface area contributed by atoms with Gasteiger partial charge in [0.2, 0.25) is 0 Å². The molecule has 106 valence electrons. The maximum atomic E-state index is 13.8. The lowest BCUT2D eigenvalue weighted by atomic mass is 10.0. The van der Waals surface area contributed by atoms with Crippen molar-refractivity contribution < 1.29 is 17.6 Å². The lowest BCUT2D eigenvalue weighted by Crippen LogP contribution is -2.57. The molecule has 0 aromatic heterocycles. The molecule has 0 saturated carbocycles. The molecule has 2 nitrogen and oxygen atoms in total. The number of nitrogens with one attached hydrogen (secondary N) is 1. The summed E-state index contributed by atoms with van der Waals surface area (Å²) < 4.78 is 51.8. The quantitative estimate of drug-likeness (QED) is 0.793. The lowest BCUT2D eigenvalue weighted by Gasteiger charge is -2.40. The SMILES string of the molecule is CC1(C)CN(c2cc(C(F)(F)F)ccc2F)CCN1. The van der Waals surface area contributed by atoms with Gasteiger partial charge >= 0.3 is 6.18 Å². The largest absolute Gasteiger partial charge is 0.416 e. The number of hydrogen-bond donors (Lipinski definition) is 1. The van der Waals surface area contributed by atoms with Crippen LogP contribution in [0.5, 0.6) is 0 Å². The summed E-state index contributed by atoms with van der Waals surface area (Å²) in [4.78, 5) is 1.65. The van der Waals surface area contributed by atoms with Crippen LogP contribution in [0.1, 0.15) is 19.4 Å². The van der Waals surface area contributed by atoms with E-state index in [2.05, 4.69) is 5.32 Å². The van der Waals surface area contributed by atoms with Gasteiger partial charge in [0.25, 0.3) is 0 Å². The molecule has 0 bridgehead atoms. The first kappa shape index (κ1) is 14.1. The Morgan fingerprint density at radius 1 is 1.26 bits per heavy atom. The minimum atomic E-state index is -4.45. The summed E-state index contributed by atoms with van der Waals surface area (Å²) in [6, 6.07) is 2.54. The van der Waals surface area contributed by atoms with Crippen molar-refractivity contribution in [3.05, 3.63) is 29.6 Å². The molecule has 0 unspecified atom stereocenters. The molecule has 1 aliphatic rings. The average Bonchev–Trinajstić information content (AvgIpc) is 2.26. The monoisotopic (exact) mass is 276 g/mol. The van der Waals surface area contributed by atoms with E-state index < -0.39 is 17.6 Å². The van der Waals surface area contributed by atoms with Gasteiger partial charge in [-0.3, -0.25) is 0 Å². The van der Waals surface area contributed by atoms with Crippen molar-refractivity contribution in [1.29, 1.82) is 0 Å². The summed E-state index contributed by atoms with van der Waals surface area (Å²) in [6.07, 6.45) is -4.45. The van der Waals surface area contributed by atoms with Crippen LogP contribution in [0.3, 0.4) is 0 Å². The van der Waals surface area contributed by atoms with Crippen molar-refractivity contribution in [2.24, 2.45) is 0 Å². The summed E-state index contributed by atoms with van der Waals surface area (Å²) in [5.74, 6) is -0.620. The van der Waals surface area contributed by atoms with Gasteiger partial charge in [-0.2, -0.15) is 13.2 Å². The fraction of sp³-hybridized carbons (Fsp3) is 0.538. The summed E-state index contributed by atoms with van der Waals surface area (Å²) in [6.45, 7) is 5.44. The van der Waals surface area contributed by atoms with Gasteiger partial charge in [0.05, 0.1) is 11.3 Å². The topological polar surface area (TPSA) is 15.3 Å². The molecule has 0 aliphatic carbocycles. The Bertz CT molecular complexity index is 468. The minimum absolute atomic E-state index is 0.0180. The van der Waals surface area contributed by atoms with E-state index in [1.807, 2.05) is 13.8 Å². The molecule has 0 radical (unpaired) electrons. The fourth-order valence-electron chi connectivity index (χ4n) is 2.28. The van der Waals surface area contributed by atoms with E-state index in [0.717, 1.165) is 18.2 Å². The molecule has 1 aromatic rings. The number of halogens is 4. The third kappa shape index (κ3) is 3.18. The number of alkyl halides is 3. The Labute approximate surface area is 109 Å². The molecule has 0 atom stereocenters. The highest BCUT2D eigenvalue weighted by molar-refractivity contribution is 5.51. The Hall–Kier alpha value is -1.30. The van der Waals surface area contributed by atoms with Gasteiger partial charge in [0, 0.05) is 25.2 Å². The zero-order chi connectivity index (χ0) is 14.3. The Morgan fingerprint density at radius 3 is 2.53 bits per heavy atom. The van der Waals surface area contributed by atoms with Crippen molar-refractivity contribution in [2.75, 3.05) is 24.5 Å². The number of nitrogens with zero attached hydrogens (tertiary/aromatic N) is 1. The van der Waals surface area contributed by atoms with Crippen LogP contribution >= 0.6 is 0 Å². The van der Waals surface area contributed by atoms with Crippen molar-refractivity contribution in [1.82, 2.24) is 5.32 Å². The van der Waals surface area contributed by atoms with Crippen LogP contribution in [-0.2, 0) is 6.18 Å². The summed E-state index contributed by atoms with van der Waals surface area (Å²) in [7, 11) is 0. The van der Waals surface area contributed by atoms with Crippen molar-refractivity contribution in [3.63, 3.8) is 0 Å². The summed E-state index contributed by atoms with van der Waals surface area (Å²) in [5, 5.41) is 3.24. The van der Waals surface area contributed by atoms with Crippen LogP contribution < -0.4 is 10.2 Å². The molecule has 19 heavy (non-hydrogen) atoms. The number of piperazine rings is 1. The molecular formula is C13H16F4N2. The molecule has 1 aliphatic heterocycles. The van der Waals surface area contributed by atoms with Gasteiger partial charge in [0.15, 0.2) is 0 Å². The molecular weight excluding hydrogens is 260 g/mol. The zero-order valence-corrected chi connectivity index (χ0v) is 10.8. The number of anilines is 1. The van der Waals surface area contributed by atoms with E-state index in [9.17, 15) is 17.6 Å². The average molecular weight is 276 g/mol. The van der Waals surface area contributed by atoms with E-state index in [4.69, 9.17) is 0 Å². The highest BCUT2D eigenvalue weighted by atomic mass is 19.4. The summed E-state index contributed by atoms with van der Waals surface area (Å²) >= 11 is 0. The number of rotatable bonds is 1. The first-order valence-corrected chi connectivity index (χ1v) is 6.06. The first-order valence-electron chi connectivity index (χ1n) is 6.06. The maximum absolute atomic E-state index is 13.8. The van der Waals surface area contributed by atoms with Gasteiger partial charge in [-0.15, -0.1) is 0 Å². The standard InChI is InChI=1S/C13H16F4N2/c1-12(2)8-19(6-5-18-12)11-7-9(13(15,16)17)3-4-10(11)14/h3-4,7,18H,5-6,8H2,1-2H3. The van der Waals surface area contributed by atoms with Gasteiger partial charge in [-0.25, -0.2) is 4.39 Å². The molecule has 1 heterocycles. The van der Waals surface area contributed by atoms with Crippen LogP contribution in [0.15, 0.2) is 18.2 Å². The second-order valence-corrected chi connectivity index (χ2v) is 5.40. The Morgan fingerprint density at radius 2 is 1.95 bits per heavy atom. The second kappa shape index (κ2) is 4.67. The smallest absolute Gasteiger partial charge is 0.366 e. The molecule has 1 fully saturated rings. The molecule has 0 amide bonds. The summed E-state index contributed by atoms with van der Waals surface area (Å²) in [5.41, 5.74) is -1.05. The predicted molar refractivity (Wildman–Crippen MR) is 65.7 cm³/mol. The molecule has 2 rings (SSSR count). The van der Waals surface area contributed by atoms with E-state index in [1.165, 1.54) is 0 Å². The third-order valence-electron chi connectivity index (χ3n) is 3.19. The molecule has 0 spiro atoms. The van der Waals surface area contributed by atoms with Crippen LogP contribution in [0.2, 0.25) is 0 Å². The van der Waals surface area contributed by atoms with E-state index in [0.29, 0.717) is 19.6 Å². The van der Waals surface area contributed by atoms with Crippen molar-refractivity contribution >= 4 is 5.69 Å².